The Labute approximate surface area is 116 Å². The largest absolute Gasteiger partial charge is 0.356 e. The highest BCUT2D eigenvalue weighted by atomic mass is 15.2. The maximum absolute atomic E-state index is 4.29. The summed E-state index contributed by atoms with van der Waals surface area (Å²) in [5.74, 6) is 0.885. The highest BCUT2D eigenvalue weighted by Gasteiger charge is 1.97. The lowest BCUT2D eigenvalue weighted by Gasteiger charge is -2.11. The van der Waals surface area contributed by atoms with Crippen LogP contribution in [0.2, 0.25) is 0 Å². The van der Waals surface area contributed by atoms with E-state index in [9.17, 15) is 0 Å². The molecule has 106 valence electrons. The average Bonchev–Trinajstić information content (AvgIpc) is 2.43. The summed E-state index contributed by atoms with van der Waals surface area (Å²) in [4.78, 5) is 8.50. The molecule has 0 saturated carbocycles. The van der Waals surface area contributed by atoms with Gasteiger partial charge in [-0.2, -0.15) is 0 Å². The molecule has 1 rings (SSSR count). The molecule has 0 aromatic carbocycles. The summed E-state index contributed by atoms with van der Waals surface area (Å²) >= 11 is 0. The van der Waals surface area contributed by atoms with Gasteiger partial charge in [0.15, 0.2) is 5.96 Å². The second kappa shape index (κ2) is 9.36. The fourth-order valence-corrected chi connectivity index (χ4v) is 1.77. The topological polar surface area (TPSA) is 49.3 Å². The zero-order valence-electron chi connectivity index (χ0n) is 12.4. The van der Waals surface area contributed by atoms with Crippen LogP contribution in [0.5, 0.6) is 0 Å². The zero-order valence-corrected chi connectivity index (χ0v) is 12.4. The van der Waals surface area contributed by atoms with Crippen LogP contribution in [0, 0.1) is 6.92 Å². The van der Waals surface area contributed by atoms with E-state index in [1.165, 1.54) is 24.8 Å². The van der Waals surface area contributed by atoms with Crippen molar-refractivity contribution >= 4 is 5.96 Å². The van der Waals surface area contributed by atoms with Gasteiger partial charge in [-0.25, -0.2) is 0 Å². The minimum atomic E-state index is 0.873. The van der Waals surface area contributed by atoms with Crippen molar-refractivity contribution in [3.63, 3.8) is 0 Å². The molecule has 19 heavy (non-hydrogen) atoms. The fourth-order valence-electron chi connectivity index (χ4n) is 1.77. The average molecular weight is 262 g/mol. The van der Waals surface area contributed by atoms with E-state index in [0.29, 0.717) is 0 Å². The minimum Gasteiger partial charge on any atom is -0.356 e. The lowest BCUT2D eigenvalue weighted by Crippen LogP contribution is -2.38. The van der Waals surface area contributed by atoms with Crippen molar-refractivity contribution in [3.05, 3.63) is 29.6 Å². The molecule has 4 nitrogen and oxygen atoms in total. The normalized spacial score (nSPS) is 11.4. The maximum Gasteiger partial charge on any atom is 0.190 e. The molecule has 1 aromatic heterocycles. The molecular formula is C15H26N4. The monoisotopic (exact) mass is 262 g/mol. The SMILES string of the molecule is CCCCCNC(=NC)NCCc1ccc(C)nc1. The van der Waals surface area contributed by atoms with Gasteiger partial charge in [0.25, 0.3) is 0 Å². The quantitative estimate of drug-likeness (QED) is 0.450. The van der Waals surface area contributed by atoms with Crippen molar-refractivity contribution in [3.8, 4) is 0 Å². The second-order valence-corrected chi connectivity index (χ2v) is 4.69. The number of aliphatic imine (C=N–C) groups is 1. The lowest BCUT2D eigenvalue weighted by atomic mass is 10.2. The molecule has 1 aromatic rings. The zero-order chi connectivity index (χ0) is 13.9. The van der Waals surface area contributed by atoms with Gasteiger partial charge >= 0.3 is 0 Å². The van der Waals surface area contributed by atoms with E-state index >= 15 is 0 Å². The number of hydrogen-bond acceptors (Lipinski definition) is 2. The number of aromatic nitrogens is 1. The van der Waals surface area contributed by atoms with Crippen molar-refractivity contribution in [1.29, 1.82) is 0 Å². The standard InChI is InChI=1S/C15H26N4/c1-4-5-6-10-17-15(16-3)18-11-9-14-8-7-13(2)19-12-14/h7-8,12H,4-6,9-11H2,1-3H3,(H2,16,17,18). The Balaban J connectivity index is 2.20. The van der Waals surface area contributed by atoms with Gasteiger partial charge in [-0.15, -0.1) is 0 Å². The van der Waals surface area contributed by atoms with Crippen molar-refractivity contribution in [2.24, 2.45) is 4.99 Å². The Morgan fingerprint density at radius 3 is 2.63 bits per heavy atom. The number of nitrogens with zero attached hydrogens (tertiary/aromatic N) is 2. The van der Waals surface area contributed by atoms with Gasteiger partial charge in [0.1, 0.15) is 0 Å². The number of aryl methyl sites for hydroxylation is 1. The Bertz CT molecular complexity index is 370. The second-order valence-electron chi connectivity index (χ2n) is 4.69. The smallest absolute Gasteiger partial charge is 0.190 e. The van der Waals surface area contributed by atoms with Crippen molar-refractivity contribution in [2.45, 2.75) is 39.5 Å². The predicted molar refractivity (Wildman–Crippen MR) is 81.6 cm³/mol. The summed E-state index contributed by atoms with van der Waals surface area (Å²) in [5.41, 5.74) is 2.31. The van der Waals surface area contributed by atoms with E-state index < -0.39 is 0 Å². The van der Waals surface area contributed by atoms with Crippen LogP contribution in [-0.4, -0.2) is 31.1 Å². The van der Waals surface area contributed by atoms with Gasteiger partial charge in [0.2, 0.25) is 0 Å². The molecule has 0 radical (unpaired) electrons. The van der Waals surface area contributed by atoms with Gasteiger partial charge in [0.05, 0.1) is 0 Å². The highest BCUT2D eigenvalue weighted by Crippen LogP contribution is 1.99. The fraction of sp³-hybridized carbons (Fsp3) is 0.600. The van der Waals surface area contributed by atoms with Gasteiger partial charge in [-0.3, -0.25) is 9.98 Å². The van der Waals surface area contributed by atoms with Crippen LogP contribution in [0.1, 0.15) is 37.4 Å². The van der Waals surface area contributed by atoms with Crippen LogP contribution >= 0.6 is 0 Å². The molecule has 0 amide bonds. The lowest BCUT2D eigenvalue weighted by molar-refractivity contribution is 0.682. The number of guanidine groups is 1. The van der Waals surface area contributed by atoms with E-state index in [1.807, 2.05) is 26.2 Å². The van der Waals surface area contributed by atoms with Gasteiger partial charge in [-0.1, -0.05) is 25.8 Å². The third-order valence-electron chi connectivity index (χ3n) is 2.98. The Kier molecular flexibility index (Phi) is 7.63. The number of pyridine rings is 1. The summed E-state index contributed by atoms with van der Waals surface area (Å²) < 4.78 is 0. The number of nitrogens with one attached hydrogen (secondary N) is 2. The van der Waals surface area contributed by atoms with Crippen LogP contribution in [-0.2, 0) is 6.42 Å². The summed E-state index contributed by atoms with van der Waals surface area (Å²) in [6, 6.07) is 4.18. The van der Waals surface area contributed by atoms with E-state index in [1.54, 1.807) is 0 Å². The first-order valence-corrected chi connectivity index (χ1v) is 7.12. The molecule has 0 unspecified atom stereocenters. The molecule has 0 bridgehead atoms. The first-order valence-electron chi connectivity index (χ1n) is 7.12. The third kappa shape index (κ3) is 6.79. The van der Waals surface area contributed by atoms with Crippen LogP contribution in [0.25, 0.3) is 0 Å². The predicted octanol–water partition coefficient (Wildman–Crippen LogP) is 2.29. The van der Waals surface area contributed by atoms with E-state index in [-0.39, 0.29) is 0 Å². The summed E-state index contributed by atoms with van der Waals surface area (Å²) in [5, 5.41) is 6.64. The molecule has 1 heterocycles. The van der Waals surface area contributed by atoms with Crippen LogP contribution in [0.3, 0.4) is 0 Å². The van der Waals surface area contributed by atoms with E-state index in [0.717, 1.165) is 31.2 Å². The molecule has 0 saturated heterocycles. The molecule has 0 spiro atoms. The molecule has 0 aliphatic carbocycles. The van der Waals surface area contributed by atoms with Crippen LogP contribution < -0.4 is 10.6 Å². The maximum atomic E-state index is 4.29. The summed E-state index contributed by atoms with van der Waals surface area (Å²) in [6.07, 6.45) is 6.60. The van der Waals surface area contributed by atoms with E-state index in [4.69, 9.17) is 0 Å². The molecule has 0 atom stereocenters. The number of hydrogen-bond donors (Lipinski definition) is 2. The van der Waals surface area contributed by atoms with Crippen LogP contribution in [0.15, 0.2) is 23.3 Å². The Morgan fingerprint density at radius 2 is 2.00 bits per heavy atom. The van der Waals surface area contributed by atoms with Gasteiger partial charge in [0, 0.05) is 32.0 Å². The minimum absolute atomic E-state index is 0.873. The first-order chi connectivity index (χ1) is 9.26. The van der Waals surface area contributed by atoms with Crippen molar-refractivity contribution in [2.75, 3.05) is 20.1 Å². The molecule has 0 fully saturated rings. The third-order valence-corrected chi connectivity index (χ3v) is 2.98. The molecule has 0 aliphatic rings. The molecular weight excluding hydrogens is 236 g/mol. The molecule has 4 heteroatoms. The Morgan fingerprint density at radius 1 is 1.21 bits per heavy atom. The highest BCUT2D eigenvalue weighted by molar-refractivity contribution is 5.79. The van der Waals surface area contributed by atoms with Crippen molar-refractivity contribution < 1.29 is 0 Å². The van der Waals surface area contributed by atoms with Crippen molar-refractivity contribution in [1.82, 2.24) is 15.6 Å². The number of rotatable bonds is 7. The van der Waals surface area contributed by atoms with E-state index in [2.05, 4.69) is 33.6 Å². The first kappa shape index (κ1) is 15.5. The Hall–Kier alpha value is -1.58. The van der Waals surface area contributed by atoms with Gasteiger partial charge < -0.3 is 10.6 Å². The summed E-state index contributed by atoms with van der Waals surface area (Å²) in [7, 11) is 1.81. The number of unbranched alkanes of at least 4 members (excludes halogenated alkanes) is 2. The molecule has 0 aliphatic heterocycles. The van der Waals surface area contributed by atoms with Gasteiger partial charge in [-0.05, 0) is 31.4 Å². The van der Waals surface area contributed by atoms with Crippen LogP contribution in [0.4, 0.5) is 0 Å². The summed E-state index contributed by atoms with van der Waals surface area (Å²) in [6.45, 7) is 6.07. The molecule has 2 N–H and O–H groups in total.